The Morgan fingerprint density at radius 2 is 1.79 bits per heavy atom. The van der Waals surface area contributed by atoms with Crippen molar-refractivity contribution in [3.63, 3.8) is 0 Å². The summed E-state index contributed by atoms with van der Waals surface area (Å²) in [4.78, 5) is 40.2. The zero-order valence-electron chi connectivity index (χ0n) is 16.7. The summed E-state index contributed by atoms with van der Waals surface area (Å²) in [5, 5.41) is 2.79. The summed E-state index contributed by atoms with van der Waals surface area (Å²) < 4.78 is 5.45. The predicted molar refractivity (Wildman–Crippen MR) is 107 cm³/mol. The summed E-state index contributed by atoms with van der Waals surface area (Å²) in [6.07, 6.45) is 0.0816. The molecule has 0 spiro atoms. The maximum atomic E-state index is 12.5. The number of hydrogen-bond acceptors (Lipinski definition) is 4. The Labute approximate surface area is 164 Å². The van der Waals surface area contributed by atoms with Gasteiger partial charge in [0.1, 0.15) is 11.3 Å². The van der Waals surface area contributed by atoms with Gasteiger partial charge in [0.25, 0.3) is 5.91 Å². The molecule has 0 fully saturated rings. The number of hydrogen-bond donors (Lipinski definition) is 2. The third-order valence-electron chi connectivity index (χ3n) is 4.05. The van der Waals surface area contributed by atoms with Crippen LogP contribution in [0.25, 0.3) is 0 Å². The second-order valence-electron chi connectivity index (χ2n) is 7.57. The molecule has 1 aromatic heterocycles. The highest BCUT2D eigenvalue weighted by Crippen LogP contribution is 2.13. The van der Waals surface area contributed by atoms with Crippen molar-refractivity contribution in [1.82, 2.24) is 15.2 Å². The zero-order valence-corrected chi connectivity index (χ0v) is 16.7. The fraction of sp³-hybridized carbons (Fsp3) is 0.381. The Hall–Kier alpha value is -3.09. The first-order valence-electron chi connectivity index (χ1n) is 9.13. The average Bonchev–Trinajstić information content (AvgIpc) is 2.63. The van der Waals surface area contributed by atoms with E-state index in [1.807, 2.05) is 30.3 Å². The van der Waals surface area contributed by atoms with Crippen molar-refractivity contribution in [2.75, 3.05) is 13.6 Å². The van der Waals surface area contributed by atoms with Gasteiger partial charge < -0.3 is 19.9 Å². The highest BCUT2D eigenvalue weighted by molar-refractivity contribution is 5.92. The van der Waals surface area contributed by atoms with E-state index in [1.54, 1.807) is 27.8 Å². The number of pyridine rings is 1. The van der Waals surface area contributed by atoms with Gasteiger partial charge in [0.15, 0.2) is 0 Å². The van der Waals surface area contributed by atoms with Crippen molar-refractivity contribution in [3.8, 4) is 0 Å². The van der Waals surface area contributed by atoms with Crippen molar-refractivity contribution in [2.45, 2.75) is 38.8 Å². The normalized spacial score (nSPS) is 12.1. The number of nitrogens with zero attached hydrogens (tertiary/aromatic N) is 1. The number of carbonyl (C=O) groups is 2. The minimum absolute atomic E-state index is 0.172. The van der Waals surface area contributed by atoms with Gasteiger partial charge >= 0.3 is 6.09 Å². The van der Waals surface area contributed by atoms with Crippen molar-refractivity contribution in [1.29, 1.82) is 0 Å². The Bertz CT molecular complexity index is 856. The molecule has 0 aliphatic heterocycles. The van der Waals surface area contributed by atoms with Gasteiger partial charge in [-0.1, -0.05) is 36.4 Å². The minimum Gasteiger partial charge on any atom is -0.444 e. The molecule has 0 saturated carbocycles. The molecule has 0 aliphatic carbocycles. The maximum absolute atomic E-state index is 12.5. The number of aromatic nitrogens is 1. The average molecular weight is 385 g/mol. The molecule has 28 heavy (non-hydrogen) atoms. The first-order valence-corrected chi connectivity index (χ1v) is 9.13. The summed E-state index contributed by atoms with van der Waals surface area (Å²) in [5.74, 6) is -0.409. The van der Waals surface area contributed by atoms with Crippen LogP contribution in [0.4, 0.5) is 4.79 Å². The molecular weight excluding hydrogens is 358 g/mol. The van der Waals surface area contributed by atoms with E-state index >= 15 is 0 Å². The molecule has 0 radical (unpaired) electrons. The van der Waals surface area contributed by atoms with Crippen molar-refractivity contribution < 1.29 is 14.3 Å². The lowest BCUT2D eigenvalue weighted by molar-refractivity contribution is 0.0220. The SMILES string of the molecule is CN(C(=O)OC(C)(C)C)C(CNC(=O)c1cccc(=O)[nH]1)Cc1ccccc1. The van der Waals surface area contributed by atoms with Gasteiger partial charge in [-0.15, -0.1) is 0 Å². The van der Waals surface area contributed by atoms with Crippen molar-refractivity contribution >= 4 is 12.0 Å². The number of amides is 2. The van der Waals surface area contributed by atoms with Gasteiger partial charge in [-0.05, 0) is 38.8 Å². The standard InChI is InChI=1S/C21H27N3O4/c1-21(2,3)28-20(27)24(4)16(13-15-9-6-5-7-10-15)14-22-19(26)17-11-8-12-18(25)23-17/h5-12,16H,13-14H2,1-4H3,(H,22,26)(H,23,25). The van der Waals surface area contributed by atoms with Crippen LogP contribution in [0.2, 0.25) is 0 Å². The predicted octanol–water partition coefficient (Wildman–Crippen LogP) is 2.58. The molecule has 2 rings (SSSR count). The lowest BCUT2D eigenvalue weighted by Crippen LogP contribution is -2.47. The lowest BCUT2D eigenvalue weighted by atomic mass is 10.0. The van der Waals surface area contributed by atoms with Gasteiger partial charge in [-0.25, -0.2) is 4.79 Å². The second-order valence-corrected chi connectivity index (χ2v) is 7.57. The van der Waals surface area contributed by atoms with E-state index in [0.29, 0.717) is 6.42 Å². The fourth-order valence-electron chi connectivity index (χ4n) is 2.60. The Balaban J connectivity index is 2.12. The van der Waals surface area contributed by atoms with Gasteiger partial charge in [0.2, 0.25) is 5.56 Å². The maximum Gasteiger partial charge on any atom is 0.410 e. The highest BCUT2D eigenvalue weighted by Gasteiger charge is 2.26. The monoisotopic (exact) mass is 385 g/mol. The Kier molecular flexibility index (Phi) is 6.98. The van der Waals surface area contributed by atoms with Crippen LogP contribution in [0.3, 0.4) is 0 Å². The molecular formula is C21H27N3O4. The van der Waals surface area contributed by atoms with E-state index in [9.17, 15) is 14.4 Å². The summed E-state index contributed by atoms with van der Waals surface area (Å²) in [7, 11) is 1.65. The van der Waals surface area contributed by atoms with E-state index in [0.717, 1.165) is 5.56 Å². The van der Waals surface area contributed by atoms with Crippen LogP contribution in [-0.4, -0.2) is 47.1 Å². The summed E-state index contributed by atoms with van der Waals surface area (Å²) in [5.41, 5.74) is 0.241. The van der Waals surface area contributed by atoms with E-state index in [-0.39, 0.29) is 23.8 Å². The molecule has 7 nitrogen and oxygen atoms in total. The molecule has 1 aromatic carbocycles. The third kappa shape index (κ3) is 6.57. The van der Waals surface area contributed by atoms with Gasteiger partial charge in [0.05, 0.1) is 6.04 Å². The number of aromatic amines is 1. The molecule has 0 bridgehead atoms. The molecule has 1 atom stereocenters. The van der Waals surface area contributed by atoms with Crippen LogP contribution in [0.15, 0.2) is 53.3 Å². The number of benzene rings is 1. The summed E-state index contributed by atoms with van der Waals surface area (Å²) in [6.45, 7) is 5.62. The van der Waals surface area contributed by atoms with Crippen LogP contribution in [0, 0.1) is 0 Å². The van der Waals surface area contributed by atoms with Crippen molar-refractivity contribution in [3.05, 3.63) is 70.1 Å². The topological polar surface area (TPSA) is 91.5 Å². The number of likely N-dealkylation sites (N-methyl/N-ethyl adjacent to an activating group) is 1. The highest BCUT2D eigenvalue weighted by atomic mass is 16.6. The smallest absolute Gasteiger partial charge is 0.410 e. The summed E-state index contributed by atoms with van der Waals surface area (Å²) >= 11 is 0. The Morgan fingerprint density at radius 1 is 1.11 bits per heavy atom. The summed E-state index contributed by atoms with van der Waals surface area (Å²) in [6, 6.07) is 13.8. The number of carbonyl (C=O) groups excluding carboxylic acids is 2. The number of ether oxygens (including phenoxy) is 1. The number of rotatable bonds is 6. The molecule has 2 amide bonds. The van der Waals surface area contributed by atoms with Crippen LogP contribution < -0.4 is 10.9 Å². The zero-order chi connectivity index (χ0) is 20.7. The number of H-pyrrole nitrogens is 1. The fourth-order valence-corrected chi connectivity index (χ4v) is 2.60. The molecule has 2 aromatic rings. The molecule has 0 aliphatic rings. The van der Waals surface area contributed by atoms with Crippen LogP contribution in [-0.2, 0) is 11.2 Å². The van der Waals surface area contributed by atoms with Gasteiger partial charge in [-0.2, -0.15) is 0 Å². The van der Waals surface area contributed by atoms with Gasteiger partial charge in [0, 0.05) is 19.7 Å². The van der Waals surface area contributed by atoms with E-state index in [1.165, 1.54) is 23.1 Å². The Morgan fingerprint density at radius 3 is 2.39 bits per heavy atom. The molecule has 0 saturated heterocycles. The van der Waals surface area contributed by atoms with E-state index in [4.69, 9.17) is 4.74 Å². The molecule has 7 heteroatoms. The molecule has 1 heterocycles. The van der Waals surface area contributed by atoms with E-state index < -0.39 is 17.6 Å². The number of nitrogens with one attached hydrogen (secondary N) is 2. The van der Waals surface area contributed by atoms with Gasteiger partial charge in [-0.3, -0.25) is 9.59 Å². The molecule has 150 valence electrons. The lowest BCUT2D eigenvalue weighted by Gasteiger charge is -2.31. The van der Waals surface area contributed by atoms with Crippen molar-refractivity contribution in [2.24, 2.45) is 0 Å². The van der Waals surface area contributed by atoms with Crippen LogP contribution in [0.1, 0.15) is 36.8 Å². The first kappa shape index (κ1) is 21.2. The first-order chi connectivity index (χ1) is 13.2. The molecule has 1 unspecified atom stereocenters. The molecule has 2 N–H and O–H groups in total. The third-order valence-corrected chi connectivity index (χ3v) is 4.05. The second kappa shape index (κ2) is 9.21. The van der Waals surface area contributed by atoms with Crippen LogP contribution >= 0.6 is 0 Å². The largest absolute Gasteiger partial charge is 0.444 e. The quantitative estimate of drug-likeness (QED) is 0.800. The van der Waals surface area contributed by atoms with Crippen LogP contribution in [0.5, 0.6) is 0 Å². The van der Waals surface area contributed by atoms with E-state index in [2.05, 4.69) is 10.3 Å². The minimum atomic E-state index is -0.616.